The summed E-state index contributed by atoms with van der Waals surface area (Å²) in [6.07, 6.45) is 1.47. The number of carbonyl (C=O) groups excluding carboxylic acids is 1. The second kappa shape index (κ2) is 3.53. The van der Waals surface area contributed by atoms with Gasteiger partial charge in [-0.15, -0.1) is 0 Å². The third-order valence-electron chi connectivity index (χ3n) is 1.27. The Kier molecular flexibility index (Phi) is 2.65. The Balaban J connectivity index is 2.17. The van der Waals surface area contributed by atoms with Crippen molar-refractivity contribution < 1.29 is 14.3 Å². The molecule has 0 atom stereocenters. The maximum atomic E-state index is 9.98. The Morgan fingerprint density at radius 1 is 1.60 bits per heavy atom. The van der Waals surface area contributed by atoms with Crippen LogP contribution in [0.3, 0.4) is 0 Å². The highest BCUT2D eigenvalue weighted by Crippen LogP contribution is 2.03. The van der Waals surface area contributed by atoms with Crippen molar-refractivity contribution >= 4 is 6.41 Å². The predicted octanol–water partition coefficient (Wildman–Crippen LogP) is -0.642. The monoisotopic (exact) mass is 144 g/mol. The molecule has 1 aliphatic heterocycles. The van der Waals surface area contributed by atoms with Crippen molar-refractivity contribution in [1.29, 1.82) is 0 Å². The minimum atomic E-state index is -0.244. The van der Waals surface area contributed by atoms with Crippen LogP contribution in [0.15, 0.2) is 0 Å². The standard InChI is InChI=1S/C6H10NO3/c1-7(5-8)4-6-9-2-3-10-6/h6H,2-4H2,1H3. The van der Waals surface area contributed by atoms with Gasteiger partial charge in [-0.25, -0.2) is 0 Å². The van der Waals surface area contributed by atoms with Crippen LogP contribution in [0, 0.1) is 0 Å². The van der Waals surface area contributed by atoms with Crippen LogP contribution in [0.4, 0.5) is 0 Å². The summed E-state index contributed by atoms with van der Waals surface area (Å²) in [7, 11) is 1.64. The van der Waals surface area contributed by atoms with Crippen molar-refractivity contribution in [3.05, 3.63) is 0 Å². The molecule has 1 heterocycles. The van der Waals surface area contributed by atoms with Crippen molar-refractivity contribution in [2.75, 3.05) is 26.8 Å². The molecule has 1 amide bonds. The molecule has 4 heteroatoms. The fourth-order valence-electron chi connectivity index (χ4n) is 0.774. The van der Waals surface area contributed by atoms with Crippen molar-refractivity contribution in [3.63, 3.8) is 0 Å². The Labute approximate surface area is 59.7 Å². The molecular weight excluding hydrogens is 134 g/mol. The first-order valence-electron chi connectivity index (χ1n) is 3.15. The third-order valence-corrected chi connectivity index (χ3v) is 1.27. The topological polar surface area (TPSA) is 38.8 Å². The van der Waals surface area contributed by atoms with Gasteiger partial charge in [0.1, 0.15) is 0 Å². The molecule has 1 aliphatic rings. The van der Waals surface area contributed by atoms with Crippen molar-refractivity contribution in [2.24, 2.45) is 0 Å². The maximum absolute atomic E-state index is 9.98. The van der Waals surface area contributed by atoms with Gasteiger partial charge in [0.2, 0.25) is 0 Å². The van der Waals surface area contributed by atoms with E-state index in [2.05, 4.69) is 0 Å². The molecule has 0 N–H and O–H groups in total. The smallest absolute Gasteiger partial charge is 0.312 e. The van der Waals surface area contributed by atoms with Gasteiger partial charge in [-0.1, -0.05) is 0 Å². The van der Waals surface area contributed by atoms with Crippen molar-refractivity contribution in [1.82, 2.24) is 4.90 Å². The second-order valence-electron chi connectivity index (χ2n) is 2.14. The zero-order chi connectivity index (χ0) is 7.40. The predicted molar refractivity (Wildman–Crippen MR) is 34.0 cm³/mol. The summed E-state index contributed by atoms with van der Waals surface area (Å²) in [6, 6.07) is 0. The van der Waals surface area contributed by atoms with E-state index in [4.69, 9.17) is 9.47 Å². The number of hydrogen-bond acceptors (Lipinski definition) is 3. The van der Waals surface area contributed by atoms with Crippen molar-refractivity contribution in [3.8, 4) is 0 Å². The molecule has 0 unspecified atom stereocenters. The van der Waals surface area contributed by atoms with Crippen LogP contribution in [0.25, 0.3) is 0 Å². The van der Waals surface area contributed by atoms with Gasteiger partial charge in [-0.2, -0.15) is 0 Å². The number of nitrogens with zero attached hydrogens (tertiary/aromatic N) is 1. The van der Waals surface area contributed by atoms with Crippen LogP contribution in [0.5, 0.6) is 0 Å². The second-order valence-corrected chi connectivity index (χ2v) is 2.14. The highest BCUT2D eigenvalue weighted by molar-refractivity contribution is 5.47. The minimum absolute atomic E-state index is 0.244. The molecule has 1 rings (SSSR count). The lowest BCUT2D eigenvalue weighted by Gasteiger charge is -2.13. The normalized spacial score (nSPS) is 19.3. The van der Waals surface area contributed by atoms with E-state index < -0.39 is 0 Å². The first kappa shape index (κ1) is 7.50. The van der Waals surface area contributed by atoms with Crippen LogP contribution in [-0.2, 0) is 14.3 Å². The van der Waals surface area contributed by atoms with Crippen LogP contribution >= 0.6 is 0 Å². The maximum Gasteiger partial charge on any atom is 0.312 e. The molecule has 0 aromatic rings. The molecule has 4 nitrogen and oxygen atoms in total. The number of ether oxygens (including phenoxy) is 2. The number of likely N-dealkylation sites (N-methyl/N-ethyl adjacent to an activating group) is 1. The van der Waals surface area contributed by atoms with Crippen LogP contribution in [0.2, 0.25) is 0 Å². The first-order valence-corrected chi connectivity index (χ1v) is 3.15. The quantitative estimate of drug-likeness (QED) is 0.494. The number of hydrogen-bond donors (Lipinski definition) is 0. The molecular formula is C6H10NO3. The molecule has 0 spiro atoms. The van der Waals surface area contributed by atoms with Gasteiger partial charge in [0.25, 0.3) is 0 Å². The van der Waals surface area contributed by atoms with Gasteiger partial charge in [0.15, 0.2) is 6.29 Å². The molecule has 1 fully saturated rings. The van der Waals surface area contributed by atoms with Gasteiger partial charge in [0, 0.05) is 7.05 Å². The Morgan fingerprint density at radius 2 is 2.20 bits per heavy atom. The van der Waals surface area contributed by atoms with Crippen LogP contribution < -0.4 is 0 Å². The Bertz CT molecular complexity index is 112. The largest absolute Gasteiger partial charge is 0.348 e. The average Bonchev–Trinajstić information content (AvgIpc) is 2.40. The zero-order valence-corrected chi connectivity index (χ0v) is 5.87. The zero-order valence-electron chi connectivity index (χ0n) is 5.87. The van der Waals surface area contributed by atoms with Gasteiger partial charge in [-0.05, 0) is 0 Å². The van der Waals surface area contributed by atoms with Crippen LogP contribution in [-0.4, -0.2) is 44.4 Å². The molecule has 0 aliphatic carbocycles. The van der Waals surface area contributed by atoms with E-state index >= 15 is 0 Å². The van der Waals surface area contributed by atoms with E-state index in [1.165, 1.54) is 4.90 Å². The van der Waals surface area contributed by atoms with Crippen LogP contribution in [0.1, 0.15) is 0 Å². The summed E-state index contributed by atoms with van der Waals surface area (Å²) in [5.41, 5.74) is 0. The summed E-state index contributed by atoms with van der Waals surface area (Å²) >= 11 is 0. The van der Waals surface area contributed by atoms with Gasteiger partial charge in [0.05, 0.1) is 19.8 Å². The summed E-state index contributed by atoms with van der Waals surface area (Å²) in [5, 5.41) is 0. The lowest BCUT2D eigenvalue weighted by atomic mass is 10.6. The average molecular weight is 144 g/mol. The SMILES string of the molecule is CN([C]=O)CC1OCCO1. The minimum Gasteiger partial charge on any atom is -0.348 e. The van der Waals surface area contributed by atoms with Gasteiger partial charge in [-0.3, -0.25) is 4.79 Å². The number of rotatable bonds is 3. The fraction of sp³-hybridized carbons (Fsp3) is 0.833. The summed E-state index contributed by atoms with van der Waals surface area (Å²) < 4.78 is 10.2. The molecule has 10 heavy (non-hydrogen) atoms. The Morgan fingerprint density at radius 3 is 2.70 bits per heavy atom. The number of amides is 1. The lowest BCUT2D eigenvalue weighted by molar-refractivity contribution is -0.0499. The van der Waals surface area contributed by atoms with E-state index in [0.29, 0.717) is 19.8 Å². The molecule has 1 radical (unpaired) electrons. The van der Waals surface area contributed by atoms with E-state index in [-0.39, 0.29) is 6.29 Å². The summed E-state index contributed by atoms with van der Waals surface area (Å²) in [4.78, 5) is 11.4. The highest BCUT2D eigenvalue weighted by Gasteiger charge is 2.16. The van der Waals surface area contributed by atoms with E-state index in [9.17, 15) is 4.79 Å². The van der Waals surface area contributed by atoms with Gasteiger partial charge >= 0.3 is 6.41 Å². The van der Waals surface area contributed by atoms with Gasteiger partial charge < -0.3 is 14.4 Å². The lowest BCUT2D eigenvalue weighted by Crippen LogP contribution is -2.28. The molecule has 1 saturated heterocycles. The molecule has 57 valence electrons. The van der Waals surface area contributed by atoms with E-state index in [0.717, 1.165) is 0 Å². The third kappa shape index (κ3) is 1.97. The fourth-order valence-corrected chi connectivity index (χ4v) is 0.774. The van der Waals surface area contributed by atoms with E-state index in [1.807, 2.05) is 0 Å². The molecule has 0 bridgehead atoms. The first-order chi connectivity index (χ1) is 4.83. The summed E-state index contributed by atoms with van der Waals surface area (Å²) in [5.74, 6) is 0. The molecule has 0 aromatic heterocycles. The Hall–Kier alpha value is -0.610. The summed E-state index contributed by atoms with van der Waals surface area (Å²) in [6.45, 7) is 1.71. The molecule has 0 saturated carbocycles. The van der Waals surface area contributed by atoms with E-state index in [1.54, 1.807) is 13.5 Å². The van der Waals surface area contributed by atoms with Crippen molar-refractivity contribution in [2.45, 2.75) is 6.29 Å². The highest BCUT2D eigenvalue weighted by atomic mass is 16.7. The molecule has 0 aromatic carbocycles.